The van der Waals surface area contributed by atoms with Crippen molar-refractivity contribution in [2.75, 3.05) is 0 Å². The average molecular weight is 360 g/mol. The molecule has 2 aromatic rings. The third-order valence-electron chi connectivity index (χ3n) is 2.73. The molecule has 0 atom stereocenters. The van der Waals surface area contributed by atoms with Gasteiger partial charge in [-0.15, -0.1) is 0 Å². The van der Waals surface area contributed by atoms with Crippen molar-refractivity contribution in [1.29, 1.82) is 0 Å². The number of rotatable bonds is 3. The summed E-state index contributed by atoms with van der Waals surface area (Å²) >= 11 is 0. The third-order valence-corrected chi connectivity index (χ3v) is 3.58. The van der Waals surface area contributed by atoms with Gasteiger partial charge < -0.3 is 5.11 Å². The van der Waals surface area contributed by atoms with Crippen molar-refractivity contribution in [3.05, 3.63) is 44.5 Å². The van der Waals surface area contributed by atoms with Gasteiger partial charge >= 0.3 is 5.69 Å². The second-order valence-corrected chi connectivity index (χ2v) is 5.38. The van der Waals surface area contributed by atoms with Crippen molar-refractivity contribution in [3.63, 3.8) is 0 Å². The normalized spacial score (nSPS) is 10.5. The van der Waals surface area contributed by atoms with Crippen LogP contribution in [0.2, 0.25) is 0 Å². The van der Waals surface area contributed by atoms with Gasteiger partial charge in [-0.3, -0.25) is 24.8 Å². The fourth-order valence-corrected chi connectivity index (χ4v) is 2.31. The van der Waals surface area contributed by atoms with Gasteiger partial charge in [0.2, 0.25) is 5.75 Å². The Balaban J connectivity index is 0.00000242. The van der Waals surface area contributed by atoms with E-state index in [0.29, 0.717) is 6.07 Å². The topological polar surface area (TPSA) is 161 Å². The zero-order valence-corrected chi connectivity index (χ0v) is 16.8. The van der Waals surface area contributed by atoms with Gasteiger partial charge in [0, 0.05) is 64.5 Å². The molecule has 10 nitrogen and oxygen atoms in total. The summed E-state index contributed by atoms with van der Waals surface area (Å²) in [6, 6.07) is 3.15. The van der Waals surface area contributed by atoms with Gasteiger partial charge in [0.1, 0.15) is 0 Å². The van der Waals surface area contributed by atoms with Gasteiger partial charge in [-0.25, -0.2) is 0 Å². The van der Waals surface area contributed by atoms with Crippen molar-refractivity contribution >= 4 is 91.4 Å². The minimum atomic E-state index is -4.63. The van der Waals surface area contributed by atoms with Gasteiger partial charge in [-0.05, 0) is 18.2 Å². The molecule has 0 spiro atoms. The Morgan fingerprint density at radius 3 is 1.87 bits per heavy atom. The summed E-state index contributed by atoms with van der Waals surface area (Å²) in [6.45, 7) is 0. The molecule has 0 fully saturated rings. The Bertz CT molecular complexity index is 899. The van der Waals surface area contributed by atoms with Crippen LogP contribution in [-0.4, -0.2) is 87.0 Å². The van der Waals surface area contributed by atoms with E-state index >= 15 is 0 Å². The molecule has 0 saturated heterocycles. The van der Waals surface area contributed by atoms with Crippen LogP contribution in [0.3, 0.4) is 0 Å². The van der Waals surface area contributed by atoms with Crippen LogP contribution in [0.1, 0.15) is 0 Å². The minimum absolute atomic E-state index is 0. The van der Waals surface area contributed by atoms with Crippen LogP contribution in [-0.2, 0) is 10.1 Å². The third kappa shape index (κ3) is 4.39. The Kier molecular flexibility index (Phi) is 7.59. The van der Waals surface area contributed by atoms with Crippen molar-refractivity contribution in [2.45, 2.75) is 4.90 Å². The molecule has 0 aliphatic carbocycles. The van der Waals surface area contributed by atoms with Crippen LogP contribution in [0.25, 0.3) is 10.8 Å². The van der Waals surface area contributed by atoms with Crippen LogP contribution in [0.15, 0.2) is 29.2 Å². The molecule has 2 N–H and O–H groups in total. The second-order valence-electron chi connectivity index (χ2n) is 3.96. The molecule has 0 aliphatic rings. The monoisotopic (exact) mass is 360 g/mol. The number of nitro groups is 2. The largest absolute Gasteiger partial charge is 0.502 e. The first kappa shape index (κ1) is 22.2. The summed E-state index contributed by atoms with van der Waals surface area (Å²) in [4.78, 5) is 19.1. The zero-order chi connectivity index (χ0) is 15.9. The quantitative estimate of drug-likeness (QED) is 0.352. The van der Waals surface area contributed by atoms with Gasteiger partial charge in [0.25, 0.3) is 15.8 Å². The van der Waals surface area contributed by atoms with Crippen molar-refractivity contribution in [2.24, 2.45) is 0 Å². The van der Waals surface area contributed by atoms with Gasteiger partial charge in [-0.2, -0.15) is 8.42 Å². The summed E-state index contributed by atoms with van der Waals surface area (Å²) in [5.41, 5.74) is -1.61. The predicted molar refractivity (Wildman–Crippen MR) is 80.2 cm³/mol. The van der Waals surface area contributed by atoms with Crippen molar-refractivity contribution in [3.8, 4) is 5.75 Å². The maximum Gasteiger partial charge on any atom is 0.318 e. The van der Waals surface area contributed by atoms with E-state index < -0.39 is 47.4 Å². The first-order valence-electron chi connectivity index (χ1n) is 5.19. The molecular weight excluding hydrogens is 354 g/mol. The van der Waals surface area contributed by atoms with Crippen LogP contribution in [0.4, 0.5) is 11.4 Å². The molecule has 0 bridgehead atoms. The second kappa shape index (κ2) is 7.85. The summed E-state index contributed by atoms with van der Waals surface area (Å²) in [6.07, 6.45) is 0. The molecule has 23 heavy (non-hydrogen) atoms. The molecule has 13 heteroatoms. The maximum atomic E-state index is 11.0. The number of aromatic hydroxyl groups is 1. The fraction of sp³-hybridized carbons (Fsp3) is 0. The van der Waals surface area contributed by atoms with Crippen LogP contribution in [0.5, 0.6) is 5.75 Å². The number of fused-ring (bicyclic) bond motifs is 1. The maximum absolute atomic E-state index is 11.0. The van der Waals surface area contributed by atoms with Crippen LogP contribution >= 0.6 is 0 Å². The predicted octanol–water partition coefficient (Wildman–Crippen LogP) is 0.847. The van der Waals surface area contributed by atoms with Gasteiger partial charge in [0.05, 0.1) is 26.2 Å². The number of benzene rings is 2. The number of hydrogen-bond acceptors (Lipinski definition) is 7. The van der Waals surface area contributed by atoms with Crippen molar-refractivity contribution < 1.29 is 27.9 Å². The summed E-state index contributed by atoms with van der Waals surface area (Å²) in [5, 5.41) is 30.8. The van der Waals surface area contributed by atoms with Crippen LogP contribution in [0, 0.1) is 20.2 Å². The first-order chi connectivity index (χ1) is 9.62. The molecule has 0 amide bonds. The summed E-state index contributed by atoms with van der Waals surface area (Å²) < 4.78 is 31.0. The van der Waals surface area contributed by atoms with E-state index in [1.807, 2.05) is 0 Å². The number of phenols is 1. The molecule has 0 unspecified atom stereocenters. The number of nitro benzene ring substituents is 2. The van der Waals surface area contributed by atoms with E-state index in [1.165, 1.54) is 0 Å². The molecule has 0 aromatic heterocycles. The van der Waals surface area contributed by atoms with E-state index in [9.17, 15) is 33.8 Å². The van der Waals surface area contributed by atoms with Gasteiger partial charge in [0.15, 0.2) is 0 Å². The number of non-ortho nitro benzene ring substituents is 1. The molecule has 2 radical (unpaired) electrons. The van der Waals surface area contributed by atoms with Crippen molar-refractivity contribution in [1.82, 2.24) is 0 Å². The Morgan fingerprint density at radius 1 is 0.913 bits per heavy atom. The molecule has 0 saturated carbocycles. The molecule has 0 aliphatic heterocycles. The zero-order valence-electron chi connectivity index (χ0n) is 12.0. The summed E-state index contributed by atoms with van der Waals surface area (Å²) in [7, 11) is -4.63. The SMILES string of the molecule is O=[N+]([O-])c1cc([N+](=O)[O-])c2ccc(S(=O)(=O)O)cc2c1O.[Na].[Na]. The number of phenolic OH excluding ortho intramolecular Hbond substituents is 1. The molecule has 0 heterocycles. The van der Waals surface area contributed by atoms with E-state index in [-0.39, 0.29) is 64.5 Å². The van der Waals surface area contributed by atoms with E-state index in [4.69, 9.17) is 4.55 Å². The summed E-state index contributed by atoms with van der Waals surface area (Å²) in [5.74, 6) is -0.925. The Morgan fingerprint density at radius 2 is 1.43 bits per heavy atom. The number of nitrogens with zero attached hydrogens (tertiary/aromatic N) is 2. The average Bonchev–Trinajstić information content (AvgIpc) is 2.36. The minimum Gasteiger partial charge on any atom is -0.502 e. The molecule has 112 valence electrons. The first-order valence-corrected chi connectivity index (χ1v) is 6.63. The van der Waals surface area contributed by atoms with Gasteiger partial charge in [-0.1, -0.05) is 0 Å². The fourth-order valence-electron chi connectivity index (χ4n) is 1.81. The molecular formula is C10H6N2Na2O8S. The van der Waals surface area contributed by atoms with E-state index in [0.717, 1.165) is 18.2 Å². The Labute approximate surface area is 173 Å². The standard InChI is InChI=1S/C10H6N2O8S.2Na/c13-10-7-3-5(21(18,19)20)1-2-6(7)8(11(14)15)4-9(10)12(16)17;;/h1-4,13H,(H,18,19,20);;. The molecule has 2 rings (SSSR count). The number of hydrogen-bond donors (Lipinski definition) is 2. The molecule has 2 aromatic carbocycles. The van der Waals surface area contributed by atoms with Crippen LogP contribution < -0.4 is 0 Å². The van der Waals surface area contributed by atoms with E-state index in [2.05, 4.69) is 0 Å². The smallest absolute Gasteiger partial charge is 0.318 e. The Hall–Kier alpha value is -0.790. The van der Waals surface area contributed by atoms with E-state index in [1.54, 1.807) is 0 Å².